The molecule has 1 aromatic carbocycles. The van der Waals surface area contributed by atoms with Crippen molar-refractivity contribution in [3.8, 4) is 11.1 Å². The van der Waals surface area contributed by atoms with Crippen LogP contribution in [-0.2, 0) is 13.0 Å². The first-order valence-electron chi connectivity index (χ1n) is 8.21. The highest BCUT2D eigenvalue weighted by Gasteiger charge is 2.11. The van der Waals surface area contributed by atoms with Gasteiger partial charge in [-0.3, -0.25) is 9.48 Å². The molecule has 0 saturated heterocycles. The van der Waals surface area contributed by atoms with Crippen LogP contribution in [-0.4, -0.2) is 33.4 Å². The Morgan fingerprint density at radius 2 is 2.08 bits per heavy atom. The molecule has 2 aromatic heterocycles. The molecule has 6 heteroatoms. The molecule has 0 aliphatic carbocycles. The normalized spacial score (nSPS) is 12.1. The largest absolute Gasteiger partial charge is 0.394 e. The first-order valence-corrected chi connectivity index (χ1v) is 9.15. The van der Waals surface area contributed by atoms with E-state index in [1.54, 1.807) is 22.2 Å². The van der Waals surface area contributed by atoms with Crippen LogP contribution >= 0.6 is 11.3 Å². The standard InChI is InChI=1S/C19H21N3O2S/c1-14(10-15-6-9-25-13-15)21-19(24)17-4-2-16(3-5-17)18-11-20-22(12-18)7-8-23/h2-6,9,11-14,23H,7-8,10H2,1H3,(H,21,24)/t14-/m0/s1. The number of aliphatic hydroxyl groups excluding tert-OH is 1. The molecule has 0 spiro atoms. The summed E-state index contributed by atoms with van der Waals surface area (Å²) in [4.78, 5) is 12.4. The Morgan fingerprint density at radius 3 is 2.76 bits per heavy atom. The van der Waals surface area contributed by atoms with E-state index >= 15 is 0 Å². The highest BCUT2D eigenvalue weighted by Crippen LogP contribution is 2.19. The molecule has 25 heavy (non-hydrogen) atoms. The minimum Gasteiger partial charge on any atom is -0.394 e. The Labute approximate surface area is 150 Å². The molecule has 1 amide bonds. The Balaban J connectivity index is 1.61. The van der Waals surface area contributed by atoms with Gasteiger partial charge in [0.25, 0.3) is 5.91 Å². The number of thiophene rings is 1. The van der Waals surface area contributed by atoms with Gasteiger partial charge in [-0.1, -0.05) is 12.1 Å². The van der Waals surface area contributed by atoms with Crippen molar-refractivity contribution in [2.75, 3.05) is 6.61 Å². The summed E-state index contributed by atoms with van der Waals surface area (Å²) in [5, 5.41) is 20.3. The molecule has 0 aliphatic heterocycles. The zero-order valence-corrected chi connectivity index (χ0v) is 14.9. The molecule has 1 atom stereocenters. The van der Waals surface area contributed by atoms with E-state index in [2.05, 4.69) is 21.9 Å². The lowest BCUT2D eigenvalue weighted by atomic mass is 10.1. The zero-order chi connectivity index (χ0) is 17.6. The quantitative estimate of drug-likeness (QED) is 0.685. The van der Waals surface area contributed by atoms with Crippen molar-refractivity contribution in [1.29, 1.82) is 0 Å². The van der Waals surface area contributed by atoms with Crippen LogP contribution in [0.2, 0.25) is 0 Å². The van der Waals surface area contributed by atoms with E-state index in [-0.39, 0.29) is 18.6 Å². The fourth-order valence-electron chi connectivity index (χ4n) is 2.67. The number of nitrogens with zero attached hydrogens (tertiary/aromatic N) is 2. The molecule has 5 nitrogen and oxygen atoms in total. The molecule has 0 saturated carbocycles. The fraction of sp³-hybridized carbons (Fsp3) is 0.263. The minimum atomic E-state index is -0.0646. The third-order valence-electron chi connectivity index (χ3n) is 3.94. The summed E-state index contributed by atoms with van der Waals surface area (Å²) in [5.74, 6) is -0.0646. The van der Waals surface area contributed by atoms with E-state index in [1.807, 2.05) is 42.8 Å². The number of hydrogen-bond acceptors (Lipinski definition) is 4. The van der Waals surface area contributed by atoms with Crippen LogP contribution in [0.25, 0.3) is 11.1 Å². The molecule has 3 aromatic rings. The van der Waals surface area contributed by atoms with Crippen molar-refractivity contribution in [3.63, 3.8) is 0 Å². The summed E-state index contributed by atoms with van der Waals surface area (Å²) in [7, 11) is 0. The van der Waals surface area contributed by atoms with Crippen LogP contribution in [0, 0.1) is 0 Å². The molecule has 2 heterocycles. The van der Waals surface area contributed by atoms with Gasteiger partial charge in [-0.15, -0.1) is 0 Å². The van der Waals surface area contributed by atoms with Gasteiger partial charge in [0.1, 0.15) is 0 Å². The average Bonchev–Trinajstić information content (AvgIpc) is 3.27. The maximum atomic E-state index is 12.4. The Kier molecular flexibility index (Phi) is 5.63. The summed E-state index contributed by atoms with van der Waals surface area (Å²) >= 11 is 1.67. The number of nitrogens with one attached hydrogen (secondary N) is 1. The first-order chi connectivity index (χ1) is 12.2. The highest BCUT2D eigenvalue weighted by atomic mass is 32.1. The van der Waals surface area contributed by atoms with Crippen LogP contribution in [0.15, 0.2) is 53.5 Å². The van der Waals surface area contributed by atoms with E-state index in [0.717, 1.165) is 17.5 Å². The molecule has 130 valence electrons. The Bertz CT molecular complexity index is 810. The predicted octanol–water partition coefficient (Wildman–Crippen LogP) is 2.96. The molecule has 0 bridgehead atoms. The number of aliphatic hydroxyl groups is 1. The van der Waals surface area contributed by atoms with Crippen molar-refractivity contribution < 1.29 is 9.90 Å². The predicted molar refractivity (Wildman–Crippen MR) is 99.7 cm³/mol. The molecule has 0 fully saturated rings. The lowest BCUT2D eigenvalue weighted by Gasteiger charge is -2.13. The summed E-state index contributed by atoms with van der Waals surface area (Å²) in [6.45, 7) is 2.55. The molecule has 0 radical (unpaired) electrons. The van der Waals surface area contributed by atoms with Gasteiger partial charge in [-0.05, 0) is 53.4 Å². The number of carbonyl (C=O) groups excluding carboxylic acids is 1. The SMILES string of the molecule is C[C@@H](Cc1ccsc1)NC(=O)c1ccc(-c2cnn(CCO)c2)cc1. The number of rotatable bonds is 7. The van der Waals surface area contributed by atoms with Crippen molar-refractivity contribution in [2.45, 2.75) is 25.9 Å². The fourth-order valence-corrected chi connectivity index (χ4v) is 3.35. The monoisotopic (exact) mass is 355 g/mol. The Hall–Kier alpha value is -2.44. The molecular formula is C19H21N3O2S. The van der Waals surface area contributed by atoms with Gasteiger partial charge >= 0.3 is 0 Å². The number of aromatic nitrogens is 2. The molecule has 3 rings (SSSR count). The van der Waals surface area contributed by atoms with Gasteiger partial charge in [0.05, 0.1) is 19.3 Å². The lowest BCUT2D eigenvalue weighted by molar-refractivity contribution is 0.0940. The van der Waals surface area contributed by atoms with Gasteiger partial charge in [0, 0.05) is 23.4 Å². The third-order valence-corrected chi connectivity index (χ3v) is 4.67. The number of hydrogen-bond donors (Lipinski definition) is 2. The summed E-state index contributed by atoms with van der Waals surface area (Å²) in [6, 6.07) is 9.64. The van der Waals surface area contributed by atoms with Crippen molar-refractivity contribution in [2.24, 2.45) is 0 Å². The molecule has 2 N–H and O–H groups in total. The zero-order valence-electron chi connectivity index (χ0n) is 14.1. The van der Waals surface area contributed by atoms with E-state index in [1.165, 1.54) is 5.56 Å². The summed E-state index contributed by atoms with van der Waals surface area (Å²) in [5.41, 5.74) is 3.84. The summed E-state index contributed by atoms with van der Waals surface area (Å²) in [6.07, 6.45) is 4.47. The van der Waals surface area contributed by atoms with Crippen LogP contribution < -0.4 is 5.32 Å². The van der Waals surface area contributed by atoms with Gasteiger partial charge in [-0.25, -0.2) is 0 Å². The first kappa shape index (κ1) is 17.4. The minimum absolute atomic E-state index is 0.0593. The maximum absolute atomic E-state index is 12.4. The van der Waals surface area contributed by atoms with Crippen molar-refractivity contribution in [1.82, 2.24) is 15.1 Å². The van der Waals surface area contributed by atoms with Crippen LogP contribution in [0.1, 0.15) is 22.8 Å². The van der Waals surface area contributed by atoms with Gasteiger partial charge in [0.2, 0.25) is 0 Å². The highest BCUT2D eigenvalue weighted by molar-refractivity contribution is 7.07. The third kappa shape index (κ3) is 4.55. The topological polar surface area (TPSA) is 67.2 Å². The Morgan fingerprint density at radius 1 is 1.28 bits per heavy atom. The van der Waals surface area contributed by atoms with Gasteiger partial charge in [0.15, 0.2) is 0 Å². The van der Waals surface area contributed by atoms with E-state index in [9.17, 15) is 4.79 Å². The van der Waals surface area contributed by atoms with Crippen LogP contribution in [0.3, 0.4) is 0 Å². The second-order valence-corrected chi connectivity index (χ2v) is 6.78. The molecular weight excluding hydrogens is 334 g/mol. The molecule has 0 aliphatic rings. The second-order valence-electron chi connectivity index (χ2n) is 6.00. The van der Waals surface area contributed by atoms with Crippen LogP contribution in [0.4, 0.5) is 0 Å². The average molecular weight is 355 g/mol. The van der Waals surface area contributed by atoms with Gasteiger partial charge < -0.3 is 10.4 Å². The molecule has 0 unspecified atom stereocenters. The summed E-state index contributed by atoms with van der Waals surface area (Å²) < 4.78 is 1.70. The number of carbonyl (C=O) groups is 1. The maximum Gasteiger partial charge on any atom is 0.251 e. The van der Waals surface area contributed by atoms with Gasteiger partial charge in [-0.2, -0.15) is 16.4 Å². The smallest absolute Gasteiger partial charge is 0.251 e. The van der Waals surface area contributed by atoms with E-state index in [4.69, 9.17) is 5.11 Å². The van der Waals surface area contributed by atoms with Crippen molar-refractivity contribution >= 4 is 17.2 Å². The number of amides is 1. The van der Waals surface area contributed by atoms with E-state index in [0.29, 0.717) is 12.1 Å². The second kappa shape index (κ2) is 8.09. The van der Waals surface area contributed by atoms with Crippen LogP contribution in [0.5, 0.6) is 0 Å². The number of benzene rings is 1. The lowest BCUT2D eigenvalue weighted by Crippen LogP contribution is -2.33. The van der Waals surface area contributed by atoms with E-state index < -0.39 is 0 Å². The van der Waals surface area contributed by atoms with Crippen molar-refractivity contribution in [3.05, 3.63) is 64.6 Å².